The highest BCUT2D eigenvalue weighted by atomic mass is 19.1. The summed E-state index contributed by atoms with van der Waals surface area (Å²) in [5.41, 5.74) is 3.37. The van der Waals surface area contributed by atoms with Crippen molar-refractivity contribution in [2.24, 2.45) is 0 Å². The fourth-order valence-electron chi connectivity index (χ4n) is 2.53. The van der Waals surface area contributed by atoms with E-state index in [-0.39, 0.29) is 18.1 Å². The van der Waals surface area contributed by atoms with Gasteiger partial charge in [0.2, 0.25) is 5.91 Å². The van der Waals surface area contributed by atoms with Crippen LogP contribution in [-0.4, -0.2) is 32.7 Å². The maximum atomic E-state index is 13.2. The molecule has 0 aliphatic heterocycles. The van der Waals surface area contributed by atoms with Crippen molar-refractivity contribution in [3.8, 4) is 17.1 Å². The number of amides is 1. The number of halogens is 1. The summed E-state index contributed by atoms with van der Waals surface area (Å²) in [6.07, 6.45) is 1.80. The first kappa shape index (κ1) is 16.8. The molecule has 0 spiro atoms. The number of aryl methyl sites for hydroxylation is 2. The van der Waals surface area contributed by atoms with Crippen molar-refractivity contribution in [1.29, 1.82) is 0 Å². The van der Waals surface area contributed by atoms with Crippen LogP contribution in [-0.2, 0) is 11.2 Å². The molecular formula is C18H18FN5O. The van der Waals surface area contributed by atoms with Gasteiger partial charge in [-0.3, -0.25) is 9.78 Å². The van der Waals surface area contributed by atoms with Gasteiger partial charge in [0.15, 0.2) is 11.6 Å². The number of nitrogens with one attached hydrogen (secondary N) is 1. The van der Waals surface area contributed by atoms with E-state index in [0.29, 0.717) is 17.3 Å². The van der Waals surface area contributed by atoms with Crippen molar-refractivity contribution in [2.45, 2.75) is 20.3 Å². The molecule has 0 unspecified atom stereocenters. The smallest absolute Gasteiger partial charge is 0.227 e. The second-order valence-corrected chi connectivity index (χ2v) is 5.73. The summed E-state index contributed by atoms with van der Waals surface area (Å²) < 4.78 is 14.9. The van der Waals surface area contributed by atoms with E-state index in [1.54, 1.807) is 30.1 Å². The van der Waals surface area contributed by atoms with Gasteiger partial charge in [0.05, 0.1) is 12.1 Å². The van der Waals surface area contributed by atoms with Gasteiger partial charge >= 0.3 is 0 Å². The Morgan fingerprint density at radius 3 is 2.60 bits per heavy atom. The zero-order valence-electron chi connectivity index (χ0n) is 14.2. The van der Waals surface area contributed by atoms with Crippen molar-refractivity contribution in [3.63, 3.8) is 0 Å². The summed E-state index contributed by atoms with van der Waals surface area (Å²) in [7, 11) is 1.56. The monoisotopic (exact) mass is 339 g/mol. The molecule has 0 bridgehead atoms. The number of hydrogen-bond acceptors (Lipinski definition) is 4. The first-order valence-electron chi connectivity index (χ1n) is 7.84. The van der Waals surface area contributed by atoms with Crippen LogP contribution in [0.4, 0.5) is 4.39 Å². The summed E-state index contributed by atoms with van der Waals surface area (Å²) in [6, 6.07) is 7.92. The molecular weight excluding hydrogens is 321 g/mol. The van der Waals surface area contributed by atoms with Crippen LogP contribution in [0.25, 0.3) is 17.1 Å². The number of hydrogen-bond donors (Lipinski definition) is 1. The second kappa shape index (κ2) is 6.80. The van der Waals surface area contributed by atoms with Crippen LogP contribution in [0.15, 0.2) is 36.5 Å². The van der Waals surface area contributed by atoms with Crippen LogP contribution in [0.1, 0.15) is 17.1 Å². The molecule has 1 aromatic carbocycles. The van der Waals surface area contributed by atoms with Crippen molar-refractivity contribution < 1.29 is 9.18 Å². The molecule has 2 aromatic heterocycles. The van der Waals surface area contributed by atoms with Crippen LogP contribution in [0.3, 0.4) is 0 Å². The summed E-state index contributed by atoms with van der Waals surface area (Å²) in [6.45, 7) is 3.88. The highest BCUT2D eigenvalue weighted by Crippen LogP contribution is 2.24. The predicted octanol–water partition coefficient (Wildman–Crippen LogP) is 2.37. The maximum absolute atomic E-state index is 13.2. The molecule has 1 amide bonds. The Bertz CT molecular complexity index is 918. The summed E-state index contributed by atoms with van der Waals surface area (Å²) in [5, 5.41) is 6.99. The van der Waals surface area contributed by atoms with Gasteiger partial charge < -0.3 is 5.32 Å². The standard InChI is InChI=1S/C18H18FN5O/c1-11-8-12(2)21-10-15(11)18-22-16(9-17(25)20-3)23-24(18)14-6-4-13(19)5-7-14/h4-8,10H,9H2,1-3H3,(H,20,25). The average molecular weight is 339 g/mol. The fraction of sp³-hybridized carbons (Fsp3) is 0.222. The molecule has 0 fully saturated rings. The van der Waals surface area contributed by atoms with Gasteiger partial charge in [0.1, 0.15) is 5.82 Å². The molecule has 128 valence electrons. The third-order valence-corrected chi connectivity index (χ3v) is 3.81. The summed E-state index contributed by atoms with van der Waals surface area (Å²) in [5.74, 6) is 0.444. The molecule has 6 nitrogen and oxygen atoms in total. The molecule has 7 heteroatoms. The normalized spacial score (nSPS) is 10.7. The van der Waals surface area contributed by atoms with E-state index in [0.717, 1.165) is 16.8 Å². The first-order chi connectivity index (χ1) is 12.0. The van der Waals surface area contributed by atoms with Gasteiger partial charge in [-0.05, 0) is 49.7 Å². The van der Waals surface area contributed by atoms with E-state index in [4.69, 9.17) is 0 Å². The van der Waals surface area contributed by atoms with Crippen molar-refractivity contribution in [2.75, 3.05) is 7.05 Å². The molecule has 1 N–H and O–H groups in total. The van der Waals surface area contributed by atoms with E-state index in [1.807, 2.05) is 19.9 Å². The number of carbonyl (C=O) groups excluding carboxylic acids is 1. The predicted molar refractivity (Wildman–Crippen MR) is 91.8 cm³/mol. The molecule has 0 radical (unpaired) electrons. The lowest BCUT2D eigenvalue weighted by atomic mass is 10.1. The molecule has 0 aliphatic carbocycles. The van der Waals surface area contributed by atoms with Gasteiger partial charge in [-0.25, -0.2) is 14.1 Å². The average Bonchev–Trinajstić information content (AvgIpc) is 2.98. The summed E-state index contributed by atoms with van der Waals surface area (Å²) in [4.78, 5) is 20.5. The largest absolute Gasteiger partial charge is 0.359 e. The molecule has 3 aromatic rings. The third kappa shape index (κ3) is 3.55. The number of pyridine rings is 1. The SMILES string of the molecule is CNC(=O)Cc1nc(-c2cnc(C)cc2C)n(-c2ccc(F)cc2)n1. The second-order valence-electron chi connectivity index (χ2n) is 5.73. The lowest BCUT2D eigenvalue weighted by Gasteiger charge is -2.08. The molecule has 25 heavy (non-hydrogen) atoms. The first-order valence-corrected chi connectivity index (χ1v) is 7.84. The zero-order valence-corrected chi connectivity index (χ0v) is 14.2. The van der Waals surface area contributed by atoms with Crippen molar-refractivity contribution in [3.05, 3.63) is 59.4 Å². The van der Waals surface area contributed by atoms with E-state index >= 15 is 0 Å². The Balaban J connectivity index is 2.14. The Kier molecular flexibility index (Phi) is 4.56. The highest BCUT2D eigenvalue weighted by Gasteiger charge is 2.17. The highest BCUT2D eigenvalue weighted by molar-refractivity contribution is 5.77. The van der Waals surface area contributed by atoms with Gasteiger partial charge in [0, 0.05) is 24.5 Å². The Hall–Kier alpha value is -3.09. The topological polar surface area (TPSA) is 72.7 Å². The number of benzene rings is 1. The van der Waals surface area contributed by atoms with Crippen LogP contribution in [0, 0.1) is 19.7 Å². The minimum atomic E-state index is -0.329. The minimum Gasteiger partial charge on any atom is -0.359 e. The summed E-state index contributed by atoms with van der Waals surface area (Å²) >= 11 is 0. The van der Waals surface area contributed by atoms with E-state index < -0.39 is 0 Å². The van der Waals surface area contributed by atoms with Crippen molar-refractivity contribution >= 4 is 5.91 Å². The minimum absolute atomic E-state index is 0.0655. The van der Waals surface area contributed by atoms with Crippen LogP contribution < -0.4 is 5.32 Å². The number of aromatic nitrogens is 4. The molecule has 0 saturated heterocycles. The number of carbonyl (C=O) groups is 1. The van der Waals surface area contributed by atoms with E-state index in [2.05, 4.69) is 20.4 Å². The van der Waals surface area contributed by atoms with Crippen LogP contribution >= 0.6 is 0 Å². The van der Waals surface area contributed by atoms with E-state index in [9.17, 15) is 9.18 Å². The maximum Gasteiger partial charge on any atom is 0.227 e. The lowest BCUT2D eigenvalue weighted by Crippen LogP contribution is -2.20. The van der Waals surface area contributed by atoms with Gasteiger partial charge in [-0.2, -0.15) is 5.10 Å². The van der Waals surface area contributed by atoms with Crippen LogP contribution in [0.2, 0.25) is 0 Å². The molecule has 0 aliphatic rings. The van der Waals surface area contributed by atoms with Gasteiger partial charge in [0.25, 0.3) is 0 Å². The van der Waals surface area contributed by atoms with Gasteiger partial charge in [-0.15, -0.1) is 0 Å². The number of nitrogens with zero attached hydrogens (tertiary/aromatic N) is 4. The van der Waals surface area contributed by atoms with E-state index in [1.165, 1.54) is 12.1 Å². The quantitative estimate of drug-likeness (QED) is 0.792. The fourth-order valence-corrected chi connectivity index (χ4v) is 2.53. The zero-order chi connectivity index (χ0) is 18.0. The Morgan fingerprint density at radius 2 is 1.96 bits per heavy atom. The Labute approximate surface area is 144 Å². The van der Waals surface area contributed by atoms with Gasteiger partial charge in [-0.1, -0.05) is 0 Å². The lowest BCUT2D eigenvalue weighted by molar-refractivity contribution is -0.120. The van der Waals surface area contributed by atoms with Crippen molar-refractivity contribution in [1.82, 2.24) is 25.1 Å². The van der Waals surface area contributed by atoms with Crippen LogP contribution in [0.5, 0.6) is 0 Å². The number of rotatable bonds is 4. The Morgan fingerprint density at radius 1 is 1.24 bits per heavy atom. The third-order valence-electron chi connectivity index (χ3n) is 3.81. The number of likely N-dealkylation sites (N-methyl/N-ethyl adjacent to an activating group) is 1. The molecule has 3 rings (SSSR count). The molecule has 2 heterocycles. The molecule has 0 saturated carbocycles. The molecule has 0 atom stereocenters.